The number of carbonyl (C=O) groups is 1. The Kier molecular flexibility index (Phi) is 12.7. The molecule has 2 N–H and O–H groups in total. The molecule has 1 aliphatic rings. The summed E-state index contributed by atoms with van der Waals surface area (Å²) in [5, 5.41) is 13.6. The predicted octanol–water partition coefficient (Wildman–Crippen LogP) is 7.90. The zero-order valence-corrected chi connectivity index (χ0v) is 30.7. The lowest BCUT2D eigenvalue weighted by Gasteiger charge is -2.36. The van der Waals surface area contributed by atoms with Gasteiger partial charge in [-0.3, -0.25) is 4.90 Å². The van der Waals surface area contributed by atoms with Gasteiger partial charge in [0.25, 0.3) is 0 Å². The zero-order chi connectivity index (χ0) is 36.3. The molecular weight excluding hydrogens is 676 g/mol. The number of halogens is 1. The number of methoxy groups -OCH3 is 1. The van der Waals surface area contributed by atoms with Crippen LogP contribution in [0.15, 0.2) is 91.1 Å². The van der Waals surface area contributed by atoms with Crippen LogP contribution < -0.4 is 19.7 Å². The fraction of sp³-hybridized carbons (Fsp3) is 0.341. The number of nitrogens with one attached hydrogen (secondary N) is 1. The van der Waals surface area contributed by atoms with E-state index in [1.54, 1.807) is 25.4 Å². The van der Waals surface area contributed by atoms with Crippen molar-refractivity contribution < 1.29 is 19.4 Å². The quantitative estimate of drug-likeness (QED) is 0.0927. The average molecular weight is 723 g/mol. The van der Waals surface area contributed by atoms with Gasteiger partial charge in [-0.05, 0) is 59.9 Å². The molecular formula is C41H47ClN6O4. The second kappa shape index (κ2) is 17.9. The Bertz CT molecular complexity index is 1920. The second-order valence-electron chi connectivity index (χ2n) is 12.9. The van der Waals surface area contributed by atoms with Crippen LogP contribution >= 0.6 is 11.6 Å². The van der Waals surface area contributed by atoms with E-state index in [9.17, 15) is 9.90 Å². The highest BCUT2D eigenvalue weighted by Gasteiger charge is 2.20. The average Bonchev–Trinajstić information content (AvgIpc) is 3.48. The van der Waals surface area contributed by atoms with Gasteiger partial charge in [-0.15, -0.1) is 0 Å². The minimum Gasteiger partial charge on any atom is -0.495 e. The van der Waals surface area contributed by atoms with Crippen LogP contribution in [0.5, 0.6) is 11.5 Å². The lowest BCUT2D eigenvalue weighted by atomic mass is 9.99. The van der Waals surface area contributed by atoms with Crippen molar-refractivity contribution in [3.05, 3.63) is 119 Å². The first-order valence-electron chi connectivity index (χ1n) is 18.0. The number of ether oxygens (including phenoxy) is 2. The summed E-state index contributed by atoms with van der Waals surface area (Å²) in [7, 11) is 1.72. The first-order chi connectivity index (χ1) is 25.4. The number of nitrogens with zero attached hydrogens (tertiary/aromatic N) is 5. The van der Waals surface area contributed by atoms with Gasteiger partial charge in [0.2, 0.25) is 0 Å². The fourth-order valence-corrected chi connectivity index (χ4v) is 6.93. The number of aryl methyl sites for hydroxylation is 1. The molecule has 1 fully saturated rings. The van der Waals surface area contributed by atoms with Crippen molar-refractivity contribution in [3.8, 4) is 22.6 Å². The summed E-state index contributed by atoms with van der Waals surface area (Å²) in [6.45, 7) is 8.63. The maximum atomic E-state index is 11.8. The molecule has 0 aliphatic carbocycles. The predicted molar refractivity (Wildman–Crippen MR) is 207 cm³/mol. The molecule has 1 saturated heterocycles. The normalized spacial score (nSPS) is 13.2. The van der Waals surface area contributed by atoms with Crippen molar-refractivity contribution in [2.75, 3.05) is 56.7 Å². The SMILES string of the molecule is CCCCc1nc(Cl)c(CNc2ncccc2OCCCN2CCN(c3ccccc3OC)CC2)n1Cc1ccc(-c2ccccc2C(=O)O)cc1. The standard InChI is InChI=1S/C41H47ClN6O4/c1-3-4-16-38-45-39(42)35(48(38)29-30-17-19-31(20-18-30)32-11-5-6-12-33(32)41(49)50)28-44-40-37(15-9-21-43-40)52-27-10-22-46-23-25-47(26-24-46)34-13-7-8-14-36(34)51-2/h5-9,11-15,17-21H,3-4,10,16,22-29H2,1-2H3,(H,43,44)(H,49,50). The van der Waals surface area contributed by atoms with Crippen LogP contribution in [0.1, 0.15) is 53.6 Å². The number of para-hydroxylation sites is 2. The molecule has 1 aliphatic heterocycles. The van der Waals surface area contributed by atoms with Gasteiger partial charge in [-0.25, -0.2) is 14.8 Å². The Labute approximate surface area is 311 Å². The van der Waals surface area contributed by atoms with E-state index in [0.717, 1.165) is 92.5 Å². The van der Waals surface area contributed by atoms with Gasteiger partial charge in [-0.2, -0.15) is 0 Å². The minimum atomic E-state index is -0.942. The largest absolute Gasteiger partial charge is 0.495 e. The molecule has 0 radical (unpaired) electrons. The van der Waals surface area contributed by atoms with Crippen LogP contribution in [0, 0.1) is 0 Å². The molecule has 3 heterocycles. The molecule has 10 nitrogen and oxygen atoms in total. The topological polar surface area (TPSA) is 105 Å². The lowest BCUT2D eigenvalue weighted by molar-refractivity contribution is 0.0697. The lowest BCUT2D eigenvalue weighted by Crippen LogP contribution is -2.46. The molecule has 3 aromatic carbocycles. The van der Waals surface area contributed by atoms with Crippen LogP contribution in [0.25, 0.3) is 11.1 Å². The Hall–Kier alpha value is -5.06. The van der Waals surface area contributed by atoms with Crippen LogP contribution in [0.4, 0.5) is 11.5 Å². The summed E-state index contributed by atoms with van der Waals surface area (Å²) in [6, 6.07) is 27.1. The summed E-state index contributed by atoms with van der Waals surface area (Å²) < 4.78 is 14.0. The Morgan fingerprint density at radius 1 is 0.923 bits per heavy atom. The Balaban J connectivity index is 1.06. The van der Waals surface area contributed by atoms with Crippen molar-refractivity contribution in [2.24, 2.45) is 0 Å². The van der Waals surface area contributed by atoms with E-state index in [0.29, 0.717) is 42.0 Å². The highest BCUT2D eigenvalue weighted by Crippen LogP contribution is 2.30. The molecule has 272 valence electrons. The minimum absolute atomic E-state index is 0.281. The maximum absolute atomic E-state index is 11.8. The molecule has 0 spiro atoms. The van der Waals surface area contributed by atoms with Gasteiger partial charge in [0.1, 0.15) is 11.6 Å². The third kappa shape index (κ3) is 9.05. The van der Waals surface area contributed by atoms with Crippen LogP contribution in [-0.2, 0) is 19.5 Å². The molecule has 0 saturated carbocycles. The number of pyridine rings is 1. The zero-order valence-electron chi connectivity index (χ0n) is 29.9. The van der Waals surface area contributed by atoms with Gasteiger partial charge in [0.05, 0.1) is 37.2 Å². The maximum Gasteiger partial charge on any atom is 0.336 e. The Morgan fingerprint density at radius 3 is 2.44 bits per heavy atom. The monoisotopic (exact) mass is 722 g/mol. The molecule has 5 aromatic rings. The number of hydrogen-bond acceptors (Lipinski definition) is 8. The van der Waals surface area contributed by atoms with E-state index in [-0.39, 0.29) is 5.56 Å². The number of benzene rings is 3. The van der Waals surface area contributed by atoms with Gasteiger partial charge >= 0.3 is 5.97 Å². The number of anilines is 2. The number of carboxylic acid groups (broad SMARTS) is 1. The molecule has 52 heavy (non-hydrogen) atoms. The number of hydrogen-bond donors (Lipinski definition) is 2. The molecule has 2 aromatic heterocycles. The van der Waals surface area contributed by atoms with E-state index in [1.165, 1.54) is 0 Å². The van der Waals surface area contributed by atoms with Gasteiger partial charge in [0.15, 0.2) is 16.7 Å². The number of unbranched alkanes of at least 4 members (excludes halogenated alkanes) is 1. The fourth-order valence-electron chi connectivity index (χ4n) is 6.66. The molecule has 6 rings (SSSR count). The summed E-state index contributed by atoms with van der Waals surface area (Å²) in [5.74, 6) is 2.27. The smallest absolute Gasteiger partial charge is 0.336 e. The van der Waals surface area contributed by atoms with Gasteiger partial charge in [-0.1, -0.05) is 79.5 Å². The molecule has 0 unspecified atom stereocenters. The summed E-state index contributed by atoms with van der Waals surface area (Å²) in [4.78, 5) is 26.0. The van der Waals surface area contributed by atoms with E-state index < -0.39 is 5.97 Å². The molecule has 0 amide bonds. The van der Waals surface area contributed by atoms with E-state index in [1.807, 2.05) is 60.7 Å². The number of piperazine rings is 1. The van der Waals surface area contributed by atoms with Gasteiger partial charge in [0, 0.05) is 51.9 Å². The van der Waals surface area contributed by atoms with Crippen molar-refractivity contribution in [2.45, 2.75) is 45.7 Å². The third-order valence-corrected chi connectivity index (χ3v) is 9.79. The van der Waals surface area contributed by atoms with Crippen molar-refractivity contribution in [1.82, 2.24) is 19.4 Å². The summed E-state index contributed by atoms with van der Waals surface area (Å²) in [5.41, 5.74) is 4.92. The highest BCUT2D eigenvalue weighted by atomic mass is 35.5. The van der Waals surface area contributed by atoms with E-state index >= 15 is 0 Å². The number of imidazole rings is 1. The van der Waals surface area contributed by atoms with Crippen molar-refractivity contribution in [1.29, 1.82) is 0 Å². The van der Waals surface area contributed by atoms with Gasteiger partial charge < -0.3 is 29.4 Å². The van der Waals surface area contributed by atoms with Crippen LogP contribution in [-0.4, -0.2) is 77.0 Å². The van der Waals surface area contributed by atoms with Crippen LogP contribution in [0.3, 0.4) is 0 Å². The summed E-state index contributed by atoms with van der Waals surface area (Å²) in [6.07, 6.45) is 5.52. The first kappa shape index (κ1) is 36.7. The van der Waals surface area contributed by atoms with E-state index in [4.69, 9.17) is 26.1 Å². The van der Waals surface area contributed by atoms with Crippen molar-refractivity contribution >= 4 is 29.1 Å². The first-order valence-corrected chi connectivity index (χ1v) is 18.4. The second-order valence-corrected chi connectivity index (χ2v) is 13.3. The molecule has 0 bridgehead atoms. The highest BCUT2D eigenvalue weighted by molar-refractivity contribution is 6.30. The van der Waals surface area contributed by atoms with Crippen molar-refractivity contribution in [3.63, 3.8) is 0 Å². The number of aromatic nitrogens is 3. The number of aromatic carboxylic acids is 1. The van der Waals surface area contributed by atoms with E-state index in [2.05, 4.69) is 43.7 Å². The molecule has 0 atom stereocenters. The Morgan fingerprint density at radius 2 is 1.67 bits per heavy atom. The summed E-state index contributed by atoms with van der Waals surface area (Å²) >= 11 is 6.80. The van der Waals surface area contributed by atoms with Crippen LogP contribution in [0.2, 0.25) is 5.15 Å². The number of carboxylic acids is 1. The third-order valence-electron chi connectivity index (χ3n) is 9.49. The molecule has 11 heteroatoms. The number of rotatable bonds is 17.